The number of rotatable bonds is 2. The van der Waals surface area contributed by atoms with E-state index in [4.69, 9.17) is 13.4 Å². The minimum absolute atomic E-state index is 0.128. The normalized spacial score (nSPS) is 25.0. The molecule has 1 atom stereocenters. The minimum Gasteiger partial charge on any atom is -0.343 e. The van der Waals surface area contributed by atoms with Crippen molar-refractivity contribution in [3.05, 3.63) is 0 Å². The average Bonchev–Trinajstić information content (AvgIpc) is 1.64. The van der Waals surface area contributed by atoms with E-state index in [-0.39, 0.29) is 6.16 Å². The highest BCUT2D eigenvalue weighted by Crippen LogP contribution is 2.36. The molecular weight excluding hydrogens is 113 g/mol. The molecule has 0 aliphatic heterocycles. The lowest BCUT2D eigenvalue weighted by atomic mass is 11.0. The van der Waals surface area contributed by atoms with E-state index in [1.807, 2.05) is 0 Å². The quantitative estimate of drug-likeness (QED) is 0.518. The molecule has 0 aliphatic rings. The topological polar surface area (TPSA) is 63.3 Å². The van der Waals surface area contributed by atoms with Crippen LogP contribution in [0.5, 0.6) is 0 Å². The summed E-state index contributed by atoms with van der Waals surface area (Å²) in [6, 6.07) is 0. The van der Waals surface area contributed by atoms with Crippen LogP contribution in [0.1, 0.15) is 9.67 Å². The van der Waals surface area contributed by atoms with Gasteiger partial charge < -0.3 is 10.6 Å². The summed E-state index contributed by atoms with van der Waals surface area (Å²) in [6.07, 6.45) is -2.57. The Kier molecular flexibility index (Phi) is 1.43. The highest BCUT2D eigenvalue weighted by Gasteiger charge is 2.09. The molecule has 0 saturated carbocycles. The maximum absolute atomic E-state index is 10.7. The molecule has 0 aromatic rings. The van der Waals surface area contributed by atoms with Crippen molar-refractivity contribution in [1.82, 2.24) is 0 Å². The highest BCUT2D eigenvalue weighted by molar-refractivity contribution is 7.57. The summed E-state index contributed by atoms with van der Waals surface area (Å²) < 4.78 is 24.0. The fourth-order valence-corrected chi connectivity index (χ4v) is 0.274. The highest BCUT2D eigenvalue weighted by atomic mass is 31.2. The van der Waals surface area contributed by atoms with E-state index in [0.29, 0.717) is 0 Å². The predicted molar refractivity (Wildman–Crippen MR) is 29.4 cm³/mol. The summed E-state index contributed by atoms with van der Waals surface area (Å²) in [5, 5.41) is 0. The molecule has 0 fully saturated rings. The van der Waals surface area contributed by atoms with E-state index < -0.39 is 13.6 Å². The molecule has 0 aromatic heterocycles. The monoisotopic (exact) mass is 125 g/mol. The molecule has 0 aromatic carbocycles. The average molecular weight is 125 g/mol. The lowest BCUT2D eigenvalue weighted by Crippen LogP contribution is -2.00. The molecule has 1 unspecified atom stereocenters. The Morgan fingerprint density at radius 2 is 2.57 bits per heavy atom. The van der Waals surface area contributed by atoms with Crippen molar-refractivity contribution in [2.75, 3.05) is 12.4 Å². The SMILES string of the molecule is [2H]C([2H])(N)P(=O)(O)CC. The maximum Gasteiger partial charge on any atom is 0.213 e. The van der Waals surface area contributed by atoms with Gasteiger partial charge in [-0.15, -0.1) is 0 Å². The first-order valence-corrected chi connectivity index (χ1v) is 3.76. The first kappa shape index (κ1) is 4.07. The summed E-state index contributed by atoms with van der Waals surface area (Å²) in [4.78, 5) is 8.72. The third-order valence-electron chi connectivity index (χ3n) is 0.630. The van der Waals surface area contributed by atoms with Crippen LogP contribution >= 0.6 is 7.37 Å². The molecule has 3 nitrogen and oxygen atoms in total. The Bertz CT molecular complexity index is 143. The fraction of sp³-hybridized carbons (Fsp3) is 1.00. The van der Waals surface area contributed by atoms with Gasteiger partial charge in [0.05, 0.1) is 8.98 Å². The molecule has 0 radical (unpaired) electrons. The molecule has 7 heavy (non-hydrogen) atoms. The Morgan fingerprint density at radius 1 is 2.14 bits per heavy atom. The molecule has 0 spiro atoms. The van der Waals surface area contributed by atoms with E-state index in [0.717, 1.165) is 0 Å². The van der Waals surface area contributed by atoms with Crippen LogP contribution in [0.4, 0.5) is 0 Å². The number of nitrogens with two attached hydrogens (primary N) is 1. The number of hydrogen-bond donors (Lipinski definition) is 2. The van der Waals surface area contributed by atoms with Crippen LogP contribution in [-0.2, 0) is 4.57 Å². The Balaban J connectivity index is 4.35. The van der Waals surface area contributed by atoms with Gasteiger partial charge in [-0.1, -0.05) is 6.92 Å². The number of hydrogen-bond acceptors (Lipinski definition) is 2. The van der Waals surface area contributed by atoms with Gasteiger partial charge in [0.1, 0.15) is 0 Å². The smallest absolute Gasteiger partial charge is 0.213 e. The third kappa shape index (κ3) is 2.80. The summed E-state index contributed by atoms with van der Waals surface area (Å²) in [5.41, 5.74) is 4.74. The summed E-state index contributed by atoms with van der Waals surface area (Å²) in [5.74, 6) is 0. The van der Waals surface area contributed by atoms with Gasteiger partial charge >= 0.3 is 0 Å². The van der Waals surface area contributed by atoms with Crippen LogP contribution in [0.3, 0.4) is 0 Å². The van der Waals surface area contributed by atoms with Gasteiger partial charge in [0, 0.05) is 6.16 Å². The van der Waals surface area contributed by atoms with E-state index in [2.05, 4.69) is 0 Å². The summed E-state index contributed by atoms with van der Waals surface area (Å²) >= 11 is 0. The summed E-state index contributed by atoms with van der Waals surface area (Å²) in [6.45, 7) is 1.42. The van der Waals surface area contributed by atoms with Crippen molar-refractivity contribution in [2.24, 2.45) is 5.73 Å². The van der Waals surface area contributed by atoms with Crippen LogP contribution in [0, 0.1) is 0 Å². The molecule has 0 heterocycles. The molecule has 44 valence electrons. The molecule has 0 bridgehead atoms. The van der Waals surface area contributed by atoms with Crippen molar-refractivity contribution in [2.45, 2.75) is 6.92 Å². The fourth-order valence-electron chi connectivity index (χ4n) is 0.0913. The second-order valence-corrected chi connectivity index (χ2v) is 3.44. The Hall–Kier alpha value is 0.150. The van der Waals surface area contributed by atoms with E-state index in [1.165, 1.54) is 6.92 Å². The Morgan fingerprint density at radius 3 is 2.57 bits per heavy atom. The second-order valence-electron chi connectivity index (χ2n) is 1.15. The van der Waals surface area contributed by atoms with E-state index in [9.17, 15) is 4.57 Å². The zero-order valence-corrected chi connectivity index (χ0v) is 4.98. The first-order valence-electron chi connectivity index (χ1n) is 2.92. The van der Waals surface area contributed by atoms with Crippen molar-refractivity contribution in [3.8, 4) is 0 Å². The lowest BCUT2D eigenvalue weighted by Gasteiger charge is -2.01. The summed E-state index contributed by atoms with van der Waals surface area (Å²) in [7, 11) is -3.75. The van der Waals surface area contributed by atoms with Crippen molar-refractivity contribution < 1.29 is 12.2 Å². The van der Waals surface area contributed by atoms with Crippen LogP contribution in [0.2, 0.25) is 0 Å². The lowest BCUT2D eigenvalue weighted by molar-refractivity contribution is 0.480. The van der Waals surface area contributed by atoms with Crippen LogP contribution in [0.25, 0.3) is 0 Å². The van der Waals surface area contributed by atoms with Crippen LogP contribution < -0.4 is 5.73 Å². The predicted octanol–water partition coefficient (Wildman–Crippen LogP) is 0.193. The largest absolute Gasteiger partial charge is 0.343 e. The molecule has 3 N–H and O–H groups in total. The Labute approximate surface area is 45.8 Å². The first-order chi connectivity index (χ1) is 3.81. The van der Waals surface area contributed by atoms with Gasteiger partial charge in [-0.3, -0.25) is 4.57 Å². The van der Waals surface area contributed by atoms with Gasteiger partial charge in [-0.25, -0.2) is 0 Å². The van der Waals surface area contributed by atoms with Crippen LogP contribution in [-0.4, -0.2) is 17.3 Å². The zero-order chi connectivity index (χ0) is 7.71. The molecule has 0 saturated heterocycles. The van der Waals surface area contributed by atoms with Gasteiger partial charge in [0.25, 0.3) is 0 Å². The van der Waals surface area contributed by atoms with Crippen molar-refractivity contribution in [1.29, 1.82) is 0 Å². The molecular formula is C3H10NO2P. The third-order valence-corrected chi connectivity index (χ3v) is 1.89. The van der Waals surface area contributed by atoms with Gasteiger partial charge in [-0.05, 0) is 0 Å². The zero-order valence-electron chi connectivity index (χ0n) is 6.09. The van der Waals surface area contributed by atoms with E-state index in [1.54, 1.807) is 0 Å². The van der Waals surface area contributed by atoms with Crippen molar-refractivity contribution in [3.63, 3.8) is 0 Å². The molecule has 0 aliphatic carbocycles. The molecule has 0 amide bonds. The molecule has 4 heteroatoms. The minimum atomic E-state index is -3.75. The van der Waals surface area contributed by atoms with Gasteiger partial charge in [-0.2, -0.15) is 0 Å². The standard InChI is InChI=1S/C3H10NO2P/c1-2-7(5,6)3-4/h2-4H2,1H3,(H,5,6)/i3D2. The molecule has 0 rings (SSSR count). The second kappa shape index (κ2) is 2.46. The maximum atomic E-state index is 10.7. The van der Waals surface area contributed by atoms with Gasteiger partial charge in [0.2, 0.25) is 7.37 Å². The van der Waals surface area contributed by atoms with Crippen LogP contribution in [0.15, 0.2) is 0 Å². The van der Waals surface area contributed by atoms with Gasteiger partial charge in [0.15, 0.2) is 0 Å². The van der Waals surface area contributed by atoms with Crippen molar-refractivity contribution >= 4 is 7.37 Å². The van der Waals surface area contributed by atoms with E-state index >= 15 is 0 Å².